The van der Waals surface area contributed by atoms with E-state index in [4.69, 9.17) is 0 Å². The maximum Gasteiger partial charge on any atom is 0.317 e. The first kappa shape index (κ1) is 18.2. The largest absolute Gasteiger partial charge is 0.508 e. The smallest absolute Gasteiger partial charge is 0.317 e. The second-order valence-corrected chi connectivity index (χ2v) is 6.85. The van der Waals surface area contributed by atoms with Crippen molar-refractivity contribution in [2.24, 2.45) is 0 Å². The molecule has 0 saturated carbocycles. The number of nitrogens with zero attached hydrogens (tertiary/aromatic N) is 2. The molecule has 2 heterocycles. The van der Waals surface area contributed by atoms with Gasteiger partial charge in [0, 0.05) is 37.4 Å². The van der Waals surface area contributed by atoms with E-state index in [1.165, 1.54) is 12.0 Å². The van der Waals surface area contributed by atoms with Crippen LogP contribution < -0.4 is 5.32 Å². The Morgan fingerprint density at radius 3 is 2.77 bits per heavy atom. The minimum Gasteiger partial charge on any atom is -0.508 e. The number of likely N-dealkylation sites (tertiary alicyclic amines) is 1. The quantitative estimate of drug-likeness (QED) is 0.835. The van der Waals surface area contributed by atoms with Gasteiger partial charge in [0.05, 0.1) is 0 Å². The van der Waals surface area contributed by atoms with Gasteiger partial charge in [0.1, 0.15) is 5.75 Å². The molecule has 2 amide bonds. The normalized spacial score (nSPS) is 17.1. The summed E-state index contributed by atoms with van der Waals surface area (Å²) in [5.74, 6) is 0.292. The van der Waals surface area contributed by atoms with E-state index in [0.29, 0.717) is 12.3 Å². The molecule has 1 aliphatic rings. The zero-order chi connectivity index (χ0) is 18.2. The van der Waals surface area contributed by atoms with Crippen LogP contribution in [0.5, 0.6) is 5.75 Å². The highest BCUT2D eigenvalue weighted by molar-refractivity contribution is 5.74. The highest BCUT2D eigenvalue weighted by Crippen LogP contribution is 2.22. The average Bonchev–Trinajstić information content (AvgIpc) is 2.68. The molecule has 3 rings (SSSR count). The molecule has 2 N–H and O–H groups in total. The molecular weight excluding hydrogens is 326 g/mol. The van der Waals surface area contributed by atoms with Crippen LogP contribution in [0.1, 0.15) is 36.9 Å². The van der Waals surface area contributed by atoms with E-state index in [2.05, 4.69) is 10.3 Å². The number of pyridine rings is 1. The van der Waals surface area contributed by atoms with Gasteiger partial charge in [0.2, 0.25) is 0 Å². The molecule has 5 heteroatoms. The predicted octanol–water partition coefficient (Wildman–Crippen LogP) is 3.53. The summed E-state index contributed by atoms with van der Waals surface area (Å²) in [4.78, 5) is 18.9. The molecule has 1 aromatic carbocycles. The fraction of sp³-hybridized carbons (Fsp3) is 0.429. The third-order valence-electron chi connectivity index (χ3n) is 4.97. The summed E-state index contributed by atoms with van der Waals surface area (Å²) in [6.45, 7) is 1.44. The lowest BCUT2D eigenvalue weighted by Gasteiger charge is -2.36. The van der Waals surface area contributed by atoms with Crippen LogP contribution in [-0.2, 0) is 12.8 Å². The molecule has 2 aromatic rings. The van der Waals surface area contributed by atoms with Crippen molar-refractivity contribution in [2.45, 2.75) is 44.6 Å². The number of phenols is 1. The number of amides is 2. The summed E-state index contributed by atoms with van der Waals surface area (Å²) >= 11 is 0. The van der Waals surface area contributed by atoms with Gasteiger partial charge < -0.3 is 15.3 Å². The van der Waals surface area contributed by atoms with Gasteiger partial charge in [-0.3, -0.25) is 4.98 Å². The maximum absolute atomic E-state index is 12.6. The number of carbonyl (C=O) groups is 1. The van der Waals surface area contributed by atoms with Gasteiger partial charge in [-0.2, -0.15) is 0 Å². The zero-order valence-electron chi connectivity index (χ0n) is 15.1. The van der Waals surface area contributed by atoms with E-state index in [0.717, 1.165) is 44.3 Å². The van der Waals surface area contributed by atoms with Crippen LogP contribution in [0.4, 0.5) is 4.79 Å². The molecule has 1 aromatic heterocycles. The van der Waals surface area contributed by atoms with E-state index in [1.54, 1.807) is 18.3 Å². The highest BCUT2D eigenvalue weighted by atomic mass is 16.3. The van der Waals surface area contributed by atoms with E-state index in [9.17, 15) is 9.90 Å². The summed E-state index contributed by atoms with van der Waals surface area (Å²) in [6.07, 6.45) is 7.72. The van der Waals surface area contributed by atoms with E-state index in [1.807, 2.05) is 35.2 Å². The number of aryl methyl sites for hydroxylation is 1. The Morgan fingerprint density at radius 1 is 1.15 bits per heavy atom. The minimum absolute atomic E-state index is 0.0383. The van der Waals surface area contributed by atoms with Crippen LogP contribution in [0, 0.1) is 0 Å². The average molecular weight is 353 g/mol. The van der Waals surface area contributed by atoms with Crippen molar-refractivity contribution in [3.63, 3.8) is 0 Å². The number of hydrogen-bond acceptors (Lipinski definition) is 3. The first-order valence-corrected chi connectivity index (χ1v) is 9.44. The van der Waals surface area contributed by atoms with Crippen LogP contribution in [0.3, 0.4) is 0 Å². The molecule has 1 aliphatic heterocycles. The third kappa shape index (κ3) is 5.22. The van der Waals surface area contributed by atoms with Crippen LogP contribution in [0.15, 0.2) is 48.7 Å². The lowest BCUT2D eigenvalue weighted by atomic mass is 9.96. The molecule has 0 bridgehead atoms. The second-order valence-electron chi connectivity index (χ2n) is 6.85. The summed E-state index contributed by atoms with van der Waals surface area (Å²) < 4.78 is 0. The molecule has 0 unspecified atom stereocenters. The molecule has 1 saturated heterocycles. The maximum atomic E-state index is 12.6. The van der Waals surface area contributed by atoms with Crippen molar-refractivity contribution in [3.05, 3.63) is 59.9 Å². The number of aromatic nitrogens is 1. The Labute approximate surface area is 155 Å². The van der Waals surface area contributed by atoms with Gasteiger partial charge in [0.15, 0.2) is 0 Å². The lowest BCUT2D eigenvalue weighted by molar-refractivity contribution is 0.147. The molecule has 138 valence electrons. The van der Waals surface area contributed by atoms with Gasteiger partial charge in [-0.1, -0.05) is 18.2 Å². The molecule has 26 heavy (non-hydrogen) atoms. The predicted molar refractivity (Wildman–Crippen MR) is 102 cm³/mol. The fourth-order valence-corrected chi connectivity index (χ4v) is 3.51. The van der Waals surface area contributed by atoms with E-state index in [-0.39, 0.29) is 12.1 Å². The van der Waals surface area contributed by atoms with Crippen LogP contribution >= 0.6 is 0 Å². The number of aromatic hydroxyl groups is 1. The van der Waals surface area contributed by atoms with Crippen molar-refractivity contribution in [1.29, 1.82) is 0 Å². The van der Waals surface area contributed by atoms with Crippen LogP contribution in [-0.4, -0.2) is 40.2 Å². The lowest BCUT2D eigenvalue weighted by Crippen LogP contribution is -2.49. The van der Waals surface area contributed by atoms with E-state index < -0.39 is 0 Å². The van der Waals surface area contributed by atoms with Gasteiger partial charge in [-0.05, 0) is 61.9 Å². The number of phenolic OH excluding ortho intramolecular Hbond substituents is 1. The van der Waals surface area contributed by atoms with Crippen molar-refractivity contribution < 1.29 is 9.90 Å². The monoisotopic (exact) mass is 353 g/mol. The number of urea groups is 1. The SMILES string of the molecule is O=C(NCCc1ccccn1)N1CCCC[C@@H]1CCc1ccc(O)cc1. The summed E-state index contributed by atoms with van der Waals surface area (Å²) in [5.41, 5.74) is 2.19. The standard InChI is InChI=1S/C21H27N3O2/c25-20-11-8-17(9-12-20)7-10-19-6-2-4-16-24(19)21(26)23-15-13-18-5-1-3-14-22-18/h1,3,5,8-9,11-12,14,19,25H,2,4,6-7,10,13,15-16H2,(H,23,26)/t19-/m1/s1. The Morgan fingerprint density at radius 2 is 2.00 bits per heavy atom. The van der Waals surface area contributed by atoms with E-state index >= 15 is 0 Å². The van der Waals surface area contributed by atoms with Crippen molar-refractivity contribution in [2.75, 3.05) is 13.1 Å². The third-order valence-corrected chi connectivity index (χ3v) is 4.97. The first-order chi connectivity index (χ1) is 12.7. The summed E-state index contributed by atoms with van der Waals surface area (Å²) in [7, 11) is 0. The molecular formula is C21H27N3O2. The fourth-order valence-electron chi connectivity index (χ4n) is 3.51. The second kappa shape index (κ2) is 9.22. The summed E-state index contributed by atoms with van der Waals surface area (Å²) in [5, 5.41) is 12.4. The molecule has 0 radical (unpaired) electrons. The number of nitrogens with one attached hydrogen (secondary N) is 1. The molecule has 1 fully saturated rings. The van der Waals surface area contributed by atoms with Crippen molar-refractivity contribution >= 4 is 6.03 Å². The zero-order valence-corrected chi connectivity index (χ0v) is 15.1. The number of rotatable bonds is 6. The Kier molecular flexibility index (Phi) is 6.47. The number of piperidine rings is 1. The number of carbonyl (C=O) groups excluding carboxylic acids is 1. The molecule has 0 aliphatic carbocycles. The molecule has 1 atom stereocenters. The van der Waals surface area contributed by atoms with Gasteiger partial charge in [-0.25, -0.2) is 4.79 Å². The Hall–Kier alpha value is -2.56. The minimum atomic E-state index is 0.0383. The van der Waals surface area contributed by atoms with Gasteiger partial charge >= 0.3 is 6.03 Å². The Bertz CT molecular complexity index is 688. The topological polar surface area (TPSA) is 65.5 Å². The Balaban J connectivity index is 1.49. The summed E-state index contributed by atoms with van der Waals surface area (Å²) in [6, 6.07) is 13.5. The van der Waals surface area contributed by atoms with Crippen molar-refractivity contribution in [1.82, 2.24) is 15.2 Å². The molecule has 5 nitrogen and oxygen atoms in total. The van der Waals surface area contributed by atoms with Crippen LogP contribution in [0.2, 0.25) is 0 Å². The first-order valence-electron chi connectivity index (χ1n) is 9.44. The highest BCUT2D eigenvalue weighted by Gasteiger charge is 2.26. The van der Waals surface area contributed by atoms with Crippen molar-refractivity contribution in [3.8, 4) is 5.75 Å². The van der Waals surface area contributed by atoms with Gasteiger partial charge in [-0.15, -0.1) is 0 Å². The number of benzene rings is 1. The van der Waals surface area contributed by atoms with Gasteiger partial charge in [0.25, 0.3) is 0 Å². The van der Waals surface area contributed by atoms with Crippen LogP contribution in [0.25, 0.3) is 0 Å². The molecule has 0 spiro atoms. The number of hydrogen-bond donors (Lipinski definition) is 2.